The molecule has 0 radical (unpaired) electrons. The van der Waals surface area contributed by atoms with Crippen LogP contribution in [-0.4, -0.2) is 29.0 Å². The van der Waals surface area contributed by atoms with Crippen LogP contribution in [0.15, 0.2) is 18.2 Å². The molecule has 1 heterocycles. The minimum atomic E-state index is -0.123. The van der Waals surface area contributed by atoms with Crippen LogP contribution in [0.4, 0.5) is 5.69 Å². The van der Waals surface area contributed by atoms with E-state index in [1.54, 1.807) is 11.0 Å². The van der Waals surface area contributed by atoms with Crippen molar-refractivity contribution in [1.29, 1.82) is 0 Å². The molecule has 17 heavy (non-hydrogen) atoms. The molecule has 1 aromatic carbocycles. The molecular formula is C13H18N2O2. The van der Waals surface area contributed by atoms with Gasteiger partial charge in [0.2, 0.25) is 0 Å². The van der Waals surface area contributed by atoms with Gasteiger partial charge in [0, 0.05) is 18.8 Å². The van der Waals surface area contributed by atoms with E-state index in [-0.39, 0.29) is 11.7 Å². The number of amides is 1. The van der Waals surface area contributed by atoms with Crippen LogP contribution in [-0.2, 0) is 0 Å². The van der Waals surface area contributed by atoms with Crippen molar-refractivity contribution in [1.82, 2.24) is 4.90 Å². The number of benzene rings is 1. The smallest absolute Gasteiger partial charge is 0.257 e. The van der Waals surface area contributed by atoms with Crippen LogP contribution in [0.5, 0.6) is 5.75 Å². The summed E-state index contributed by atoms with van der Waals surface area (Å²) in [7, 11) is 0. The lowest BCUT2D eigenvalue weighted by Gasteiger charge is -2.30. The second-order valence-electron chi connectivity index (χ2n) is 4.75. The van der Waals surface area contributed by atoms with E-state index in [2.05, 4.69) is 6.92 Å². The number of aromatic hydroxyl groups is 1. The van der Waals surface area contributed by atoms with Crippen molar-refractivity contribution in [3.8, 4) is 5.75 Å². The summed E-state index contributed by atoms with van der Waals surface area (Å²) in [5.41, 5.74) is 6.44. The van der Waals surface area contributed by atoms with E-state index in [1.807, 2.05) is 0 Å². The Morgan fingerprint density at radius 1 is 1.41 bits per heavy atom. The number of rotatable bonds is 1. The number of anilines is 1. The second-order valence-corrected chi connectivity index (χ2v) is 4.75. The average Bonchev–Trinajstić information content (AvgIpc) is 2.32. The van der Waals surface area contributed by atoms with Crippen LogP contribution in [0.3, 0.4) is 0 Å². The minimum Gasteiger partial charge on any atom is -0.507 e. The second kappa shape index (κ2) is 4.65. The first kappa shape index (κ1) is 11.8. The molecular weight excluding hydrogens is 216 g/mol. The van der Waals surface area contributed by atoms with Crippen LogP contribution >= 0.6 is 0 Å². The zero-order chi connectivity index (χ0) is 12.4. The van der Waals surface area contributed by atoms with Crippen molar-refractivity contribution >= 4 is 11.6 Å². The van der Waals surface area contributed by atoms with Gasteiger partial charge in [-0.25, -0.2) is 0 Å². The fourth-order valence-corrected chi connectivity index (χ4v) is 2.11. The molecule has 0 aromatic heterocycles. The zero-order valence-electron chi connectivity index (χ0n) is 10.0. The van der Waals surface area contributed by atoms with E-state index in [9.17, 15) is 9.90 Å². The van der Waals surface area contributed by atoms with Crippen molar-refractivity contribution < 1.29 is 9.90 Å². The first-order valence-electron chi connectivity index (χ1n) is 5.95. The lowest BCUT2D eigenvalue weighted by Crippen LogP contribution is -2.37. The first-order valence-corrected chi connectivity index (χ1v) is 5.95. The minimum absolute atomic E-state index is 0.00261. The van der Waals surface area contributed by atoms with Crippen molar-refractivity contribution in [3.63, 3.8) is 0 Å². The summed E-state index contributed by atoms with van der Waals surface area (Å²) in [5.74, 6) is 0.554. The van der Waals surface area contributed by atoms with Crippen molar-refractivity contribution in [2.45, 2.75) is 19.8 Å². The van der Waals surface area contributed by atoms with E-state index >= 15 is 0 Å². The van der Waals surface area contributed by atoms with Crippen LogP contribution in [0, 0.1) is 5.92 Å². The number of nitrogens with zero attached hydrogens (tertiary/aromatic N) is 1. The van der Waals surface area contributed by atoms with Crippen LogP contribution in [0.2, 0.25) is 0 Å². The Morgan fingerprint density at radius 3 is 2.71 bits per heavy atom. The fourth-order valence-electron chi connectivity index (χ4n) is 2.11. The highest BCUT2D eigenvalue weighted by Crippen LogP contribution is 2.24. The van der Waals surface area contributed by atoms with E-state index < -0.39 is 0 Å². The number of nitrogens with two attached hydrogens (primary N) is 1. The third-order valence-electron chi connectivity index (χ3n) is 3.32. The lowest BCUT2D eigenvalue weighted by molar-refractivity contribution is 0.0694. The Morgan fingerprint density at radius 2 is 2.06 bits per heavy atom. The maximum absolute atomic E-state index is 12.2. The van der Waals surface area contributed by atoms with Crippen LogP contribution in [0.1, 0.15) is 30.1 Å². The Labute approximate surface area is 101 Å². The standard InChI is InChI=1S/C13H18N2O2/c1-9-4-6-15(7-5-9)13(17)11-8-10(14)2-3-12(11)16/h2-3,8-9,16H,4-7,14H2,1H3. The number of nitrogen functional groups attached to an aromatic ring is 1. The molecule has 0 saturated carbocycles. The van der Waals surface area contributed by atoms with Gasteiger partial charge in [0.25, 0.3) is 5.91 Å². The molecule has 0 unspecified atom stereocenters. The van der Waals surface area contributed by atoms with E-state index in [0.29, 0.717) is 17.2 Å². The SMILES string of the molecule is CC1CCN(C(=O)c2cc(N)ccc2O)CC1. The molecule has 2 rings (SSSR count). The van der Waals surface area contributed by atoms with Crippen molar-refractivity contribution in [2.24, 2.45) is 5.92 Å². The highest BCUT2D eigenvalue weighted by molar-refractivity contribution is 5.97. The van der Waals surface area contributed by atoms with E-state index in [0.717, 1.165) is 25.9 Å². The summed E-state index contributed by atoms with van der Waals surface area (Å²) in [6.45, 7) is 3.71. The molecule has 1 aliphatic rings. The molecule has 92 valence electrons. The lowest BCUT2D eigenvalue weighted by atomic mass is 9.98. The van der Waals surface area contributed by atoms with Gasteiger partial charge in [0.15, 0.2) is 0 Å². The number of carbonyl (C=O) groups excluding carboxylic acids is 1. The molecule has 3 N–H and O–H groups in total. The van der Waals surface area contributed by atoms with Gasteiger partial charge in [-0.3, -0.25) is 4.79 Å². The molecule has 0 bridgehead atoms. The summed E-state index contributed by atoms with van der Waals surface area (Å²) in [6.07, 6.45) is 2.05. The predicted octanol–water partition coefficient (Wildman–Crippen LogP) is 1.85. The van der Waals surface area contributed by atoms with Gasteiger partial charge in [-0.05, 0) is 37.0 Å². The Balaban J connectivity index is 2.16. The third-order valence-corrected chi connectivity index (χ3v) is 3.32. The molecule has 0 aliphatic carbocycles. The highest BCUT2D eigenvalue weighted by Gasteiger charge is 2.23. The quantitative estimate of drug-likeness (QED) is 0.575. The normalized spacial score (nSPS) is 17.1. The molecule has 4 heteroatoms. The number of likely N-dealkylation sites (tertiary alicyclic amines) is 1. The average molecular weight is 234 g/mol. The molecule has 1 saturated heterocycles. The molecule has 0 atom stereocenters. The summed E-state index contributed by atoms with van der Waals surface area (Å²) in [5, 5.41) is 9.68. The molecule has 0 spiro atoms. The monoisotopic (exact) mass is 234 g/mol. The molecule has 1 fully saturated rings. The Hall–Kier alpha value is -1.71. The predicted molar refractivity (Wildman–Crippen MR) is 66.8 cm³/mol. The maximum atomic E-state index is 12.2. The van der Waals surface area contributed by atoms with Gasteiger partial charge in [0.05, 0.1) is 5.56 Å². The molecule has 1 amide bonds. The third kappa shape index (κ3) is 2.52. The number of hydrogen-bond donors (Lipinski definition) is 2. The van der Waals surface area contributed by atoms with Gasteiger partial charge in [-0.1, -0.05) is 6.92 Å². The largest absolute Gasteiger partial charge is 0.507 e. The van der Waals surface area contributed by atoms with E-state index in [1.165, 1.54) is 12.1 Å². The van der Waals surface area contributed by atoms with Crippen molar-refractivity contribution in [2.75, 3.05) is 18.8 Å². The van der Waals surface area contributed by atoms with Crippen LogP contribution < -0.4 is 5.73 Å². The number of hydrogen-bond acceptors (Lipinski definition) is 3. The highest BCUT2D eigenvalue weighted by atomic mass is 16.3. The zero-order valence-corrected chi connectivity index (χ0v) is 10.0. The van der Waals surface area contributed by atoms with Gasteiger partial charge in [-0.2, -0.15) is 0 Å². The maximum Gasteiger partial charge on any atom is 0.257 e. The molecule has 1 aliphatic heterocycles. The molecule has 4 nitrogen and oxygen atoms in total. The van der Waals surface area contributed by atoms with Crippen molar-refractivity contribution in [3.05, 3.63) is 23.8 Å². The Bertz CT molecular complexity index is 423. The Kier molecular flexibility index (Phi) is 3.22. The molecule has 1 aromatic rings. The number of phenolic OH excluding ortho intramolecular Hbond substituents is 1. The summed E-state index contributed by atoms with van der Waals surface area (Å²) < 4.78 is 0. The topological polar surface area (TPSA) is 66.6 Å². The number of phenols is 1. The summed E-state index contributed by atoms with van der Waals surface area (Å²) in [6, 6.07) is 4.59. The van der Waals surface area contributed by atoms with Gasteiger partial charge in [0.1, 0.15) is 5.75 Å². The summed E-state index contributed by atoms with van der Waals surface area (Å²) >= 11 is 0. The number of piperidine rings is 1. The fraction of sp³-hybridized carbons (Fsp3) is 0.462. The van der Waals surface area contributed by atoms with Gasteiger partial charge >= 0.3 is 0 Å². The van der Waals surface area contributed by atoms with Crippen LogP contribution in [0.25, 0.3) is 0 Å². The van der Waals surface area contributed by atoms with Gasteiger partial charge < -0.3 is 15.7 Å². The summed E-state index contributed by atoms with van der Waals surface area (Å²) in [4.78, 5) is 14.0. The van der Waals surface area contributed by atoms with Gasteiger partial charge in [-0.15, -0.1) is 0 Å². The van der Waals surface area contributed by atoms with E-state index in [4.69, 9.17) is 5.73 Å². The number of carbonyl (C=O) groups is 1. The first-order chi connectivity index (χ1) is 8.08.